The predicted octanol–water partition coefficient (Wildman–Crippen LogP) is 13.6. The quantitative estimate of drug-likeness (QED) is 0.175. The Morgan fingerprint density at radius 2 is 0.820 bits per heavy atom. The Balaban J connectivity index is 1.29. The van der Waals surface area contributed by atoms with Crippen LogP contribution in [0.25, 0.3) is 55.3 Å². The van der Waals surface area contributed by atoms with Crippen LogP contribution in [-0.2, 0) is 5.41 Å². The molecule has 0 atom stereocenters. The highest BCUT2D eigenvalue weighted by atomic mass is 15.1. The summed E-state index contributed by atoms with van der Waals surface area (Å²) in [6.07, 6.45) is 0. The van der Waals surface area contributed by atoms with E-state index in [9.17, 15) is 0 Å². The number of nitrogens with zero attached hydrogens (tertiary/aromatic N) is 1. The zero-order chi connectivity index (χ0) is 33.7. The minimum atomic E-state index is -0.158. The van der Waals surface area contributed by atoms with Crippen molar-refractivity contribution in [2.24, 2.45) is 0 Å². The van der Waals surface area contributed by atoms with Gasteiger partial charge in [0.1, 0.15) is 0 Å². The molecule has 0 unspecified atom stereocenters. The zero-order valence-corrected chi connectivity index (χ0v) is 28.3. The summed E-state index contributed by atoms with van der Waals surface area (Å²) in [5, 5.41) is 2.57. The fourth-order valence-corrected chi connectivity index (χ4v) is 7.97. The molecule has 0 radical (unpaired) electrons. The number of benzene rings is 8. The second-order valence-electron chi connectivity index (χ2n) is 13.7. The monoisotopic (exact) mass is 639 g/mol. The minimum absolute atomic E-state index is 0.158. The first-order chi connectivity index (χ1) is 24.6. The first-order valence-corrected chi connectivity index (χ1v) is 17.4. The van der Waals surface area contributed by atoms with Crippen LogP contribution in [0, 0.1) is 0 Å². The summed E-state index contributed by atoms with van der Waals surface area (Å²) in [6, 6.07) is 68.6. The molecule has 8 aromatic carbocycles. The lowest BCUT2D eigenvalue weighted by molar-refractivity contribution is 0.661. The molecule has 50 heavy (non-hydrogen) atoms. The number of fused-ring (bicyclic) bond motifs is 4. The van der Waals surface area contributed by atoms with Crippen molar-refractivity contribution < 1.29 is 0 Å². The molecular formula is C49H37N. The second kappa shape index (κ2) is 12.1. The Labute approximate surface area is 294 Å². The van der Waals surface area contributed by atoms with Crippen molar-refractivity contribution in [3.8, 4) is 44.5 Å². The van der Waals surface area contributed by atoms with E-state index in [4.69, 9.17) is 0 Å². The van der Waals surface area contributed by atoms with Crippen LogP contribution in [-0.4, -0.2) is 0 Å². The maximum absolute atomic E-state index is 2.48. The molecule has 0 heterocycles. The number of anilines is 3. The van der Waals surface area contributed by atoms with E-state index < -0.39 is 0 Å². The molecule has 0 N–H and O–H groups in total. The van der Waals surface area contributed by atoms with Gasteiger partial charge in [-0.3, -0.25) is 0 Å². The molecule has 238 valence electrons. The molecule has 0 bridgehead atoms. The van der Waals surface area contributed by atoms with Gasteiger partial charge in [-0.1, -0.05) is 166 Å². The van der Waals surface area contributed by atoms with Crippen molar-refractivity contribution in [2.45, 2.75) is 19.3 Å². The summed E-state index contributed by atoms with van der Waals surface area (Å²) in [5.74, 6) is 0. The topological polar surface area (TPSA) is 3.24 Å². The average Bonchev–Trinajstić information content (AvgIpc) is 3.39. The lowest BCUT2D eigenvalue weighted by Gasteiger charge is -2.31. The van der Waals surface area contributed by atoms with Crippen LogP contribution in [0.1, 0.15) is 25.0 Å². The van der Waals surface area contributed by atoms with Crippen LogP contribution in [0.4, 0.5) is 17.1 Å². The molecule has 1 heteroatoms. The van der Waals surface area contributed by atoms with Crippen molar-refractivity contribution in [1.82, 2.24) is 0 Å². The summed E-state index contributed by atoms with van der Waals surface area (Å²) in [7, 11) is 0. The SMILES string of the molecule is CC1(C)c2cc(N(c3ccccc3-c3ccccc3)c3ccccc3-c3ccccc3-c3ccccc3)ccc2-c2cc3ccccc3cc21. The van der Waals surface area contributed by atoms with Crippen molar-refractivity contribution in [3.05, 3.63) is 199 Å². The van der Waals surface area contributed by atoms with E-state index >= 15 is 0 Å². The highest BCUT2D eigenvalue weighted by Crippen LogP contribution is 2.53. The van der Waals surface area contributed by atoms with Gasteiger partial charge in [0, 0.05) is 22.2 Å². The van der Waals surface area contributed by atoms with Crippen LogP contribution in [0.5, 0.6) is 0 Å². The average molecular weight is 640 g/mol. The number of para-hydroxylation sites is 2. The third-order valence-corrected chi connectivity index (χ3v) is 10.5. The predicted molar refractivity (Wildman–Crippen MR) is 213 cm³/mol. The van der Waals surface area contributed by atoms with Crippen molar-refractivity contribution in [2.75, 3.05) is 4.90 Å². The Bertz CT molecular complexity index is 2510. The van der Waals surface area contributed by atoms with Gasteiger partial charge in [0.05, 0.1) is 11.4 Å². The molecule has 1 aliphatic rings. The third-order valence-electron chi connectivity index (χ3n) is 10.5. The largest absolute Gasteiger partial charge is 0.309 e. The summed E-state index contributed by atoms with van der Waals surface area (Å²) in [6.45, 7) is 4.76. The van der Waals surface area contributed by atoms with Gasteiger partial charge < -0.3 is 4.90 Å². The van der Waals surface area contributed by atoms with Crippen LogP contribution < -0.4 is 4.90 Å². The molecule has 1 nitrogen and oxygen atoms in total. The van der Waals surface area contributed by atoms with Crippen molar-refractivity contribution in [3.63, 3.8) is 0 Å². The lowest BCUT2D eigenvalue weighted by Crippen LogP contribution is -2.17. The molecular weight excluding hydrogens is 603 g/mol. The Morgan fingerprint density at radius 1 is 0.340 bits per heavy atom. The standard InChI is InChI=1S/C49H37N/c1-49(2)45-32-37-22-10-9-21-36(37)31-44(45)42-30-29-38(33-46(42)49)50(47-27-15-13-24-40(47)35-19-7-4-8-20-35)48-28-16-14-26-43(48)41-25-12-11-23-39(41)34-17-5-3-6-18-34/h3-33H,1-2H3. The molecule has 0 saturated heterocycles. The molecule has 0 saturated carbocycles. The van der Waals surface area contributed by atoms with E-state index in [-0.39, 0.29) is 5.41 Å². The number of hydrogen-bond donors (Lipinski definition) is 0. The van der Waals surface area contributed by atoms with Crippen molar-refractivity contribution in [1.29, 1.82) is 0 Å². The molecule has 0 aliphatic heterocycles. The molecule has 0 aromatic heterocycles. The summed E-state index contributed by atoms with van der Waals surface area (Å²) >= 11 is 0. The van der Waals surface area contributed by atoms with Gasteiger partial charge in [0.15, 0.2) is 0 Å². The Morgan fingerprint density at radius 3 is 1.50 bits per heavy atom. The Hall–Kier alpha value is -6.18. The highest BCUT2D eigenvalue weighted by molar-refractivity contribution is 5.98. The fourth-order valence-electron chi connectivity index (χ4n) is 7.97. The molecule has 0 spiro atoms. The van der Waals surface area contributed by atoms with Crippen LogP contribution in [0.3, 0.4) is 0 Å². The first kappa shape index (κ1) is 29.9. The fraction of sp³-hybridized carbons (Fsp3) is 0.0612. The van der Waals surface area contributed by atoms with E-state index in [0.29, 0.717) is 0 Å². The van der Waals surface area contributed by atoms with Gasteiger partial charge >= 0.3 is 0 Å². The molecule has 0 fully saturated rings. The maximum atomic E-state index is 2.48. The molecule has 1 aliphatic carbocycles. The second-order valence-corrected chi connectivity index (χ2v) is 13.7. The van der Waals surface area contributed by atoms with E-state index in [1.807, 2.05) is 0 Å². The van der Waals surface area contributed by atoms with E-state index in [0.717, 1.165) is 17.1 Å². The number of rotatable bonds is 6. The minimum Gasteiger partial charge on any atom is -0.309 e. The van der Waals surface area contributed by atoms with E-state index in [1.165, 1.54) is 66.4 Å². The first-order valence-electron chi connectivity index (χ1n) is 17.4. The lowest BCUT2D eigenvalue weighted by atomic mass is 9.81. The highest BCUT2D eigenvalue weighted by Gasteiger charge is 2.36. The summed E-state index contributed by atoms with van der Waals surface area (Å²) < 4.78 is 0. The van der Waals surface area contributed by atoms with Crippen LogP contribution in [0.2, 0.25) is 0 Å². The Kier molecular flexibility index (Phi) is 7.21. The van der Waals surface area contributed by atoms with Crippen molar-refractivity contribution >= 4 is 27.8 Å². The zero-order valence-electron chi connectivity index (χ0n) is 28.3. The maximum Gasteiger partial charge on any atom is 0.0540 e. The molecule has 9 rings (SSSR count). The van der Waals surface area contributed by atoms with E-state index in [2.05, 4.69) is 207 Å². The van der Waals surface area contributed by atoms with Gasteiger partial charge in [0.25, 0.3) is 0 Å². The van der Waals surface area contributed by atoms with Crippen LogP contribution in [0.15, 0.2) is 188 Å². The van der Waals surface area contributed by atoms with Gasteiger partial charge in [-0.15, -0.1) is 0 Å². The van der Waals surface area contributed by atoms with Crippen LogP contribution >= 0.6 is 0 Å². The van der Waals surface area contributed by atoms with Gasteiger partial charge in [-0.25, -0.2) is 0 Å². The van der Waals surface area contributed by atoms with Gasteiger partial charge in [0.2, 0.25) is 0 Å². The van der Waals surface area contributed by atoms with Gasteiger partial charge in [-0.2, -0.15) is 0 Å². The van der Waals surface area contributed by atoms with Gasteiger partial charge in [-0.05, 0) is 91.7 Å². The summed E-state index contributed by atoms with van der Waals surface area (Å²) in [4.78, 5) is 2.48. The summed E-state index contributed by atoms with van der Waals surface area (Å²) in [5.41, 5.74) is 15.8. The molecule has 8 aromatic rings. The van der Waals surface area contributed by atoms with E-state index in [1.54, 1.807) is 0 Å². The normalized spacial score (nSPS) is 12.8. The smallest absolute Gasteiger partial charge is 0.0540 e. The number of hydrogen-bond acceptors (Lipinski definition) is 1. The third kappa shape index (κ3) is 4.94. The molecule has 0 amide bonds.